The Hall–Kier alpha value is -1.27. The Kier molecular flexibility index (Phi) is 4.49. The van der Waals surface area contributed by atoms with Crippen LogP contribution in [0.4, 0.5) is 4.39 Å². The maximum absolute atomic E-state index is 13.5. The van der Waals surface area contributed by atoms with E-state index in [2.05, 4.69) is 46.7 Å². The molecule has 0 aliphatic heterocycles. The fraction of sp³-hybridized carbons (Fsp3) is 0.333. The molecule has 0 aliphatic carbocycles. The zero-order valence-corrected chi connectivity index (χ0v) is 14.7. The Morgan fingerprint density at radius 1 is 1.33 bits per heavy atom. The fourth-order valence-corrected chi connectivity index (χ4v) is 2.90. The zero-order chi connectivity index (χ0) is 15.8. The van der Waals surface area contributed by atoms with Gasteiger partial charge in [0, 0.05) is 16.7 Å². The molecule has 0 saturated heterocycles. The number of H-pyrrole nitrogens is 1. The molecule has 1 aromatic heterocycles. The molecule has 1 heterocycles. The first-order valence-electron chi connectivity index (χ1n) is 6.38. The minimum Gasteiger partial charge on any atom is -0.494 e. The number of halogens is 2. The first kappa shape index (κ1) is 16.1. The van der Waals surface area contributed by atoms with Gasteiger partial charge in [0.15, 0.2) is 11.6 Å². The third-order valence-corrected chi connectivity index (χ3v) is 4.37. The minimum absolute atomic E-state index is 0.131. The third-order valence-electron chi connectivity index (χ3n) is 3.04. The van der Waals surface area contributed by atoms with E-state index in [-0.39, 0.29) is 11.2 Å². The van der Waals surface area contributed by atoms with Crippen LogP contribution in [0.15, 0.2) is 22.7 Å². The second-order valence-electron chi connectivity index (χ2n) is 5.68. The number of nitrogens with one attached hydrogen (secondary N) is 1. The Morgan fingerprint density at radius 2 is 2.00 bits per heavy atom. The lowest BCUT2D eigenvalue weighted by atomic mass is 9.92. The van der Waals surface area contributed by atoms with Crippen molar-refractivity contribution in [2.45, 2.75) is 26.2 Å². The van der Waals surface area contributed by atoms with E-state index >= 15 is 0 Å². The van der Waals surface area contributed by atoms with Crippen LogP contribution >= 0.6 is 28.1 Å². The van der Waals surface area contributed by atoms with Gasteiger partial charge in [-0.3, -0.25) is 0 Å². The molecule has 0 radical (unpaired) electrons. The summed E-state index contributed by atoms with van der Waals surface area (Å²) < 4.78 is 19.8. The lowest BCUT2D eigenvalue weighted by Gasteiger charge is -2.21. The van der Waals surface area contributed by atoms with Crippen molar-refractivity contribution < 1.29 is 9.13 Å². The average molecular weight is 371 g/mol. The van der Waals surface area contributed by atoms with Crippen molar-refractivity contribution in [3.8, 4) is 17.1 Å². The van der Waals surface area contributed by atoms with Crippen LogP contribution < -0.4 is 4.74 Å². The molecule has 0 aliphatic rings. The Morgan fingerprint density at radius 3 is 2.57 bits per heavy atom. The van der Waals surface area contributed by atoms with Crippen molar-refractivity contribution in [2.24, 2.45) is 0 Å². The Labute approximate surface area is 136 Å². The maximum atomic E-state index is 13.5. The number of rotatable bonds is 2. The molecule has 0 unspecified atom stereocenters. The van der Waals surface area contributed by atoms with Crippen LogP contribution in [-0.2, 0) is 5.41 Å². The number of nitrogens with zero attached hydrogens (tertiary/aromatic N) is 1. The molecule has 3 nitrogen and oxygen atoms in total. The third kappa shape index (κ3) is 3.32. The molecule has 6 heteroatoms. The van der Waals surface area contributed by atoms with Crippen molar-refractivity contribution in [3.63, 3.8) is 0 Å². The van der Waals surface area contributed by atoms with E-state index in [1.54, 1.807) is 12.1 Å². The van der Waals surface area contributed by atoms with Crippen LogP contribution in [0.5, 0.6) is 5.75 Å². The van der Waals surface area contributed by atoms with Crippen molar-refractivity contribution in [2.75, 3.05) is 7.11 Å². The number of hydrogen-bond donors (Lipinski definition) is 1. The first-order chi connectivity index (χ1) is 9.74. The van der Waals surface area contributed by atoms with E-state index in [4.69, 9.17) is 17.0 Å². The highest BCUT2D eigenvalue weighted by Gasteiger charge is 2.20. The molecule has 0 atom stereocenters. The zero-order valence-electron chi connectivity index (χ0n) is 12.3. The first-order valence-corrected chi connectivity index (χ1v) is 7.58. The molecular formula is C15H16BrFN2OS. The molecule has 1 aromatic carbocycles. The summed E-state index contributed by atoms with van der Waals surface area (Å²) in [5.41, 5.74) is 1.53. The fourth-order valence-electron chi connectivity index (χ4n) is 1.92. The smallest absolute Gasteiger partial charge is 0.165 e. The average Bonchev–Trinajstić information content (AvgIpc) is 2.41. The molecular weight excluding hydrogens is 355 g/mol. The molecule has 2 aromatic rings. The molecule has 1 N–H and O–H groups in total. The lowest BCUT2D eigenvalue weighted by Crippen LogP contribution is -2.16. The van der Waals surface area contributed by atoms with E-state index in [1.807, 2.05) is 0 Å². The Bertz CT molecular complexity index is 737. The summed E-state index contributed by atoms with van der Waals surface area (Å²) in [4.78, 5) is 7.63. The van der Waals surface area contributed by atoms with E-state index in [0.29, 0.717) is 10.5 Å². The topological polar surface area (TPSA) is 37.9 Å². The van der Waals surface area contributed by atoms with Crippen LogP contribution in [0.25, 0.3) is 11.4 Å². The predicted molar refractivity (Wildman–Crippen MR) is 87.8 cm³/mol. The van der Waals surface area contributed by atoms with E-state index in [1.165, 1.54) is 13.2 Å². The van der Waals surface area contributed by atoms with Crippen molar-refractivity contribution >= 4 is 28.1 Å². The van der Waals surface area contributed by atoms with E-state index < -0.39 is 5.82 Å². The van der Waals surface area contributed by atoms with Gasteiger partial charge in [0.05, 0.1) is 11.6 Å². The van der Waals surface area contributed by atoms with Crippen molar-refractivity contribution in [3.05, 3.63) is 38.8 Å². The van der Waals surface area contributed by atoms with Crippen molar-refractivity contribution in [1.29, 1.82) is 0 Å². The molecule has 2 rings (SSSR count). The van der Waals surface area contributed by atoms with Crippen LogP contribution in [-0.4, -0.2) is 17.1 Å². The number of benzene rings is 1. The molecule has 21 heavy (non-hydrogen) atoms. The number of methoxy groups -OCH3 is 1. The van der Waals surface area contributed by atoms with Gasteiger partial charge in [0.25, 0.3) is 0 Å². The van der Waals surface area contributed by atoms with Crippen LogP contribution in [0, 0.1) is 10.5 Å². The highest BCUT2D eigenvalue weighted by Crippen LogP contribution is 2.31. The number of hydrogen-bond acceptors (Lipinski definition) is 3. The van der Waals surface area contributed by atoms with Gasteiger partial charge in [0.2, 0.25) is 0 Å². The minimum atomic E-state index is -0.409. The second kappa shape index (κ2) is 5.85. The predicted octanol–water partition coefficient (Wildman–Crippen LogP) is 5.01. The molecule has 112 valence electrons. The van der Waals surface area contributed by atoms with Gasteiger partial charge in [-0.2, -0.15) is 0 Å². The van der Waals surface area contributed by atoms with Crippen LogP contribution in [0.1, 0.15) is 26.5 Å². The summed E-state index contributed by atoms with van der Waals surface area (Å²) >= 11 is 8.78. The number of aromatic nitrogens is 2. The summed E-state index contributed by atoms with van der Waals surface area (Å²) in [6.07, 6.45) is 0. The maximum Gasteiger partial charge on any atom is 0.165 e. The summed E-state index contributed by atoms with van der Waals surface area (Å²) in [6.45, 7) is 6.23. The molecule has 0 fully saturated rings. The normalized spacial score (nSPS) is 11.5. The summed E-state index contributed by atoms with van der Waals surface area (Å²) in [5.74, 6) is 0.355. The highest BCUT2D eigenvalue weighted by atomic mass is 79.9. The monoisotopic (exact) mass is 370 g/mol. The van der Waals surface area contributed by atoms with E-state index in [0.717, 1.165) is 15.7 Å². The van der Waals surface area contributed by atoms with Crippen molar-refractivity contribution in [1.82, 2.24) is 9.97 Å². The van der Waals surface area contributed by atoms with Crippen LogP contribution in [0.3, 0.4) is 0 Å². The summed E-state index contributed by atoms with van der Waals surface area (Å²) in [6, 6.07) is 4.60. The van der Waals surface area contributed by atoms with Gasteiger partial charge in [-0.15, -0.1) is 0 Å². The number of ether oxygens (including phenoxy) is 1. The van der Waals surface area contributed by atoms with Gasteiger partial charge in [-0.25, -0.2) is 9.37 Å². The SMILES string of the molecule is COc1cc(-c2nc(=S)c(Br)c(C(C)(C)C)[nH]2)ccc1F. The summed E-state index contributed by atoms with van der Waals surface area (Å²) in [7, 11) is 1.43. The van der Waals surface area contributed by atoms with Gasteiger partial charge in [-0.1, -0.05) is 33.0 Å². The molecule has 0 bridgehead atoms. The van der Waals surface area contributed by atoms with Crippen LogP contribution in [0.2, 0.25) is 0 Å². The molecule has 0 amide bonds. The van der Waals surface area contributed by atoms with Gasteiger partial charge >= 0.3 is 0 Å². The molecule has 0 spiro atoms. The standard InChI is InChI=1S/C15H16BrFN2OS/c1-15(2,3)12-11(16)14(21)19-13(18-12)8-5-6-9(17)10(7-8)20-4/h5-7H,1-4H3,(H,18,19,21). The molecule has 0 saturated carbocycles. The quantitative estimate of drug-likeness (QED) is 0.754. The number of aromatic amines is 1. The largest absolute Gasteiger partial charge is 0.494 e. The summed E-state index contributed by atoms with van der Waals surface area (Å²) in [5, 5.41) is 0. The van der Waals surface area contributed by atoms with E-state index in [9.17, 15) is 4.39 Å². The van der Waals surface area contributed by atoms with Gasteiger partial charge in [-0.05, 0) is 34.1 Å². The van der Waals surface area contributed by atoms with Gasteiger partial charge < -0.3 is 9.72 Å². The highest BCUT2D eigenvalue weighted by molar-refractivity contribution is 9.10. The lowest BCUT2D eigenvalue weighted by molar-refractivity contribution is 0.386. The van der Waals surface area contributed by atoms with Gasteiger partial charge in [0.1, 0.15) is 10.5 Å². The Balaban J connectivity index is 2.65. The second-order valence-corrected chi connectivity index (χ2v) is 6.86.